The van der Waals surface area contributed by atoms with Crippen molar-refractivity contribution in [3.05, 3.63) is 12.2 Å². The van der Waals surface area contributed by atoms with Gasteiger partial charge >= 0.3 is 5.97 Å². The molecule has 0 unspecified atom stereocenters. The standard InChI is InChI=1S/C8H12O4/c1-5(2)12-4-6(3)7(9)8(10)11/h5H,3-4H2,1-2H3,(H,10,11). The van der Waals surface area contributed by atoms with Gasteiger partial charge in [0.2, 0.25) is 0 Å². The molecule has 0 saturated heterocycles. The maximum Gasteiger partial charge on any atom is 0.376 e. The second-order valence-electron chi connectivity index (χ2n) is 2.60. The van der Waals surface area contributed by atoms with Crippen LogP contribution in [0.2, 0.25) is 0 Å². The third-order valence-electron chi connectivity index (χ3n) is 1.11. The summed E-state index contributed by atoms with van der Waals surface area (Å²) in [6, 6.07) is 0. The highest BCUT2D eigenvalue weighted by molar-refractivity contribution is 6.39. The third kappa shape index (κ3) is 3.88. The summed E-state index contributed by atoms with van der Waals surface area (Å²) < 4.78 is 4.99. The lowest BCUT2D eigenvalue weighted by molar-refractivity contribution is -0.147. The minimum absolute atomic E-state index is 0.0250. The van der Waals surface area contributed by atoms with Crippen molar-refractivity contribution in [2.75, 3.05) is 6.61 Å². The number of aliphatic carboxylic acids is 1. The number of carbonyl (C=O) groups excluding carboxylic acids is 1. The van der Waals surface area contributed by atoms with Gasteiger partial charge in [-0.15, -0.1) is 0 Å². The summed E-state index contributed by atoms with van der Waals surface area (Å²) in [7, 11) is 0. The molecule has 0 aromatic rings. The van der Waals surface area contributed by atoms with E-state index in [4.69, 9.17) is 9.84 Å². The number of carboxylic acids is 1. The maximum atomic E-state index is 10.7. The zero-order chi connectivity index (χ0) is 9.72. The average Bonchev–Trinajstić information content (AvgIpc) is 1.98. The Morgan fingerprint density at radius 3 is 2.33 bits per heavy atom. The van der Waals surface area contributed by atoms with Gasteiger partial charge in [-0.25, -0.2) is 4.79 Å². The second-order valence-corrected chi connectivity index (χ2v) is 2.60. The summed E-state index contributed by atoms with van der Waals surface area (Å²) in [5.41, 5.74) is -0.0313. The highest BCUT2D eigenvalue weighted by atomic mass is 16.5. The minimum Gasteiger partial charge on any atom is -0.475 e. The molecule has 0 aromatic heterocycles. The molecule has 0 atom stereocenters. The number of carbonyl (C=O) groups is 2. The summed E-state index contributed by atoms with van der Waals surface area (Å²) in [5.74, 6) is -2.48. The Kier molecular flexibility index (Phi) is 4.21. The first-order valence-electron chi connectivity index (χ1n) is 3.52. The van der Waals surface area contributed by atoms with Crippen LogP contribution in [0.1, 0.15) is 13.8 Å². The van der Waals surface area contributed by atoms with E-state index in [0.29, 0.717) is 0 Å². The van der Waals surface area contributed by atoms with E-state index in [-0.39, 0.29) is 18.3 Å². The van der Waals surface area contributed by atoms with Crippen molar-refractivity contribution in [1.82, 2.24) is 0 Å². The summed E-state index contributed by atoms with van der Waals surface area (Å²) in [5, 5.41) is 8.25. The molecule has 1 N–H and O–H groups in total. The lowest BCUT2D eigenvalue weighted by Gasteiger charge is -2.06. The van der Waals surface area contributed by atoms with E-state index in [0.717, 1.165) is 0 Å². The highest BCUT2D eigenvalue weighted by Crippen LogP contribution is 1.97. The largest absolute Gasteiger partial charge is 0.475 e. The van der Waals surface area contributed by atoms with E-state index >= 15 is 0 Å². The number of hydrogen-bond acceptors (Lipinski definition) is 3. The fourth-order valence-corrected chi connectivity index (χ4v) is 0.484. The lowest BCUT2D eigenvalue weighted by atomic mass is 10.2. The van der Waals surface area contributed by atoms with Crippen LogP contribution in [0.15, 0.2) is 12.2 Å². The fourth-order valence-electron chi connectivity index (χ4n) is 0.484. The normalized spacial score (nSPS) is 9.92. The second kappa shape index (κ2) is 4.66. The first kappa shape index (κ1) is 10.8. The van der Waals surface area contributed by atoms with Crippen LogP contribution in [0.3, 0.4) is 0 Å². The first-order chi connectivity index (χ1) is 5.45. The van der Waals surface area contributed by atoms with E-state index in [9.17, 15) is 9.59 Å². The average molecular weight is 172 g/mol. The molecule has 0 bridgehead atoms. The molecule has 0 aromatic carbocycles. The first-order valence-corrected chi connectivity index (χ1v) is 3.52. The van der Waals surface area contributed by atoms with Crippen LogP contribution in [-0.4, -0.2) is 29.6 Å². The number of hydrogen-bond donors (Lipinski definition) is 1. The van der Waals surface area contributed by atoms with E-state index in [1.165, 1.54) is 0 Å². The molecule has 0 radical (unpaired) electrons. The molecule has 0 fully saturated rings. The van der Waals surface area contributed by atoms with Crippen molar-refractivity contribution >= 4 is 11.8 Å². The van der Waals surface area contributed by atoms with Crippen LogP contribution in [0.25, 0.3) is 0 Å². The van der Waals surface area contributed by atoms with Crippen molar-refractivity contribution in [1.29, 1.82) is 0 Å². The fraction of sp³-hybridized carbons (Fsp3) is 0.500. The van der Waals surface area contributed by atoms with Crippen LogP contribution in [0, 0.1) is 0 Å². The Hall–Kier alpha value is -1.16. The zero-order valence-electron chi connectivity index (χ0n) is 7.16. The summed E-state index contributed by atoms with van der Waals surface area (Å²) in [6.07, 6.45) is -0.0386. The van der Waals surface area contributed by atoms with Gasteiger partial charge in [0.1, 0.15) is 0 Å². The van der Waals surface area contributed by atoms with Gasteiger partial charge in [-0.2, -0.15) is 0 Å². The predicted octanol–water partition coefficient (Wildman–Crippen LogP) is 0.621. The van der Waals surface area contributed by atoms with Gasteiger partial charge in [0.15, 0.2) is 0 Å². The number of carboxylic acid groups (broad SMARTS) is 1. The lowest BCUT2D eigenvalue weighted by Crippen LogP contribution is -2.19. The number of ketones is 1. The smallest absolute Gasteiger partial charge is 0.376 e. The molecule has 4 nitrogen and oxygen atoms in total. The molecule has 0 amide bonds. The Morgan fingerprint density at radius 2 is 2.00 bits per heavy atom. The van der Waals surface area contributed by atoms with Crippen LogP contribution >= 0.6 is 0 Å². The Balaban J connectivity index is 3.89. The molecular formula is C8H12O4. The minimum atomic E-state index is -1.49. The molecule has 0 rings (SSSR count). The van der Waals surface area contributed by atoms with E-state index in [2.05, 4.69) is 6.58 Å². The molecule has 68 valence electrons. The van der Waals surface area contributed by atoms with E-state index in [1.54, 1.807) is 13.8 Å². The predicted molar refractivity (Wildman–Crippen MR) is 42.9 cm³/mol. The quantitative estimate of drug-likeness (QED) is 0.487. The number of ether oxygens (including phenoxy) is 1. The molecule has 0 spiro atoms. The van der Waals surface area contributed by atoms with Gasteiger partial charge in [0, 0.05) is 5.57 Å². The van der Waals surface area contributed by atoms with Crippen molar-refractivity contribution in [2.24, 2.45) is 0 Å². The van der Waals surface area contributed by atoms with Gasteiger partial charge < -0.3 is 9.84 Å². The van der Waals surface area contributed by atoms with Crippen LogP contribution in [-0.2, 0) is 14.3 Å². The zero-order valence-corrected chi connectivity index (χ0v) is 7.16. The monoisotopic (exact) mass is 172 g/mol. The van der Waals surface area contributed by atoms with Crippen LogP contribution in [0.4, 0.5) is 0 Å². The molecule has 4 heteroatoms. The van der Waals surface area contributed by atoms with Gasteiger partial charge in [-0.3, -0.25) is 4.79 Å². The maximum absolute atomic E-state index is 10.7. The van der Waals surface area contributed by atoms with Crippen molar-refractivity contribution in [2.45, 2.75) is 20.0 Å². The Morgan fingerprint density at radius 1 is 1.50 bits per heavy atom. The van der Waals surface area contributed by atoms with Crippen molar-refractivity contribution in [3.8, 4) is 0 Å². The Labute approximate surface area is 70.8 Å². The molecular weight excluding hydrogens is 160 g/mol. The van der Waals surface area contributed by atoms with Gasteiger partial charge in [0.05, 0.1) is 12.7 Å². The number of Topliss-reactive ketones (excluding diaryl/α,β-unsaturated/α-hetero) is 1. The molecule has 0 aliphatic heterocycles. The Bertz CT molecular complexity index is 205. The SMILES string of the molecule is C=C(COC(C)C)C(=O)C(=O)O. The van der Waals surface area contributed by atoms with Gasteiger partial charge in [-0.1, -0.05) is 6.58 Å². The third-order valence-corrected chi connectivity index (χ3v) is 1.11. The van der Waals surface area contributed by atoms with Crippen molar-refractivity contribution in [3.63, 3.8) is 0 Å². The molecule has 12 heavy (non-hydrogen) atoms. The van der Waals surface area contributed by atoms with Crippen LogP contribution in [0.5, 0.6) is 0 Å². The summed E-state index contributed by atoms with van der Waals surface area (Å²) >= 11 is 0. The number of rotatable bonds is 5. The highest BCUT2D eigenvalue weighted by Gasteiger charge is 2.15. The summed E-state index contributed by atoms with van der Waals surface area (Å²) in [6.45, 7) is 6.85. The molecule has 0 aliphatic carbocycles. The van der Waals surface area contributed by atoms with Gasteiger partial charge in [0.25, 0.3) is 5.78 Å². The molecule has 0 saturated carbocycles. The molecule has 0 aliphatic rings. The van der Waals surface area contributed by atoms with E-state index in [1.807, 2.05) is 0 Å². The van der Waals surface area contributed by atoms with E-state index < -0.39 is 11.8 Å². The summed E-state index contributed by atoms with van der Waals surface area (Å²) in [4.78, 5) is 20.8. The van der Waals surface area contributed by atoms with Gasteiger partial charge in [-0.05, 0) is 13.8 Å². The van der Waals surface area contributed by atoms with Crippen LogP contribution < -0.4 is 0 Å². The molecule has 0 heterocycles. The van der Waals surface area contributed by atoms with Crippen molar-refractivity contribution < 1.29 is 19.4 Å². The topological polar surface area (TPSA) is 63.6 Å².